The molecule has 0 saturated heterocycles. The summed E-state index contributed by atoms with van der Waals surface area (Å²) in [5.41, 5.74) is 1.66. The van der Waals surface area contributed by atoms with Gasteiger partial charge in [-0.1, -0.05) is 17.7 Å². The summed E-state index contributed by atoms with van der Waals surface area (Å²) < 4.78 is 64.5. The molecule has 0 aliphatic carbocycles. The first-order chi connectivity index (χ1) is 13.4. The van der Waals surface area contributed by atoms with Gasteiger partial charge in [0.1, 0.15) is 5.75 Å². The zero-order valence-corrected chi connectivity index (χ0v) is 16.8. The second-order valence-corrected chi connectivity index (χ2v) is 7.88. The molecular formula is C19H20F3N3O3S. The Morgan fingerprint density at radius 1 is 1.03 bits per heavy atom. The molecule has 0 spiro atoms. The number of nitrogens with zero attached hydrogens (tertiary/aromatic N) is 2. The number of hydrogen-bond donors (Lipinski definition) is 1. The quantitative estimate of drug-likeness (QED) is 0.689. The van der Waals surface area contributed by atoms with Crippen molar-refractivity contribution in [1.29, 1.82) is 0 Å². The van der Waals surface area contributed by atoms with Crippen LogP contribution in [0.4, 0.5) is 13.2 Å². The molecule has 0 amide bonds. The van der Waals surface area contributed by atoms with Gasteiger partial charge in [-0.2, -0.15) is 18.3 Å². The number of aryl methyl sites for hydroxylation is 1. The average molecular weight is 427 g/mol. The molecule has 0 aliphatic rings. The highest BCUT2D eigenvalue weighted by Crippen LogP contribution is 2.33. The van der Waals surface area contributed by atoms with Crippen LogP contribution in [0.3, 0.4) is 0 Å². The van der Waals surface area contributed by atoms with Gasteiger partial charge >= 0.3 is 6.18 Å². The van der Waals surface area contributed by atoms with E-state index in [-0.39, 0.29) is 0 Å². The standard InChI is InChI=1S/C18H15F3N2O.CH5NO2S/c1-12-3-7-14(8-4-12)23-16(11-17(22-23)18(19,20)21)13-5-9-15(24-2)10-6-13;1-5(2,3)4/h3-11H,1-2H3;1H3,(H2,2,3,4). The number of nitrogens with two attached hydrogens (primary N) is 1. The highest BCUT2D eigenvalue weighted by atomic mass is 32.2. The van der Waals surface area contributed by atoms with Crippen molar-refractivity contribution in [3.8, 4) is 22.7 Å². The predicted molar refractivity (Wildman–Crippen MR) is 104 cm³/mol. The Labute approximate surface area is 166 Å². The van der Waals surface area contributed by atoms with Gasteiger partial charge in [-0.25, -0.2) is 18.2 Å². The zero-order chi connectivity index (χ0) is 21.8. The molecule has 29 heavy (non-hydrogen) atoms. The molecule has 2 N–H and O–H groups in total. The normalized spacial score (nSPS) is 11.6. The fraction of sp³-hybridized carbons (Fsp3) is 0.211. The first kappa shape index (κ1) is 22.4. The molecule has 156 valence electrons. The predicted octanol–water partition coefficient (Wildman–Crippen LogP) is 3.78. The molecule has 3 rings (SSSR count). The van der Waals surface area contributed by atoms with E-state index in [2.05, 4.69) is 10.2 Å². The van der Waals surface area contributed by atoms with E-state index in [1.807, 2.05) is 19.1 Å². The van der Waals surface area contributed by atoms with Crippen LogP contribution in [0.5, 0.6) is 5.75 Å². The maximum atomic E-state index is 13.1. The van der Waals surface area contributed by atoms with E-state index in [0.717, 1.165) is 17.9 Å². The summed E-state index contributed by atoms with van der Waals surface area (Å²) in [6, 6.07) is 15.0. The van der Waals surface area contributed by atoms with Crippen LogP contribution in [0.1, 0.15) is 11.3 Å². The Morgan fingerprint density at radius 2 is 1.55 bits per heavy atom. The number of ether oxygens (including phenoxy) is 1. The summed E-state index contributed by atoms with van der Waals surface area (Å²) in [6.45, 7) is 1.92. The molecule has 0 bridgehead atoms. The van der Waals surface area contributed by atoms with E-state index in [1.54, 1.807) is 36.4 Å². The van der Waals surface area contributed by atoms with Gasteiger partial charge in [0.2, 0.25) is 10.0 Å². The summed E-state index contributed by atoms with van der Waals surface area (Å²) in [5.74, 6) is 0.635. The lowest BCUT2D eigenvalue weighted by Crippen LogP contribution is -2.07. The van der Waals surface area contributed by atoms with Crippen LogP contribution < -0.4 is 9.88 Å². The third kappa shape index (κ3) is 6.61. The number of rotatable bonds is 3. The van der Waals surface area contributed by atoms with E-state index in [0.29, 0.717) is 22.7 Å². The van der Waals surface area contributed by atoms with Crippen LogP contribution in [-0.2, 0) is 16.2 Å². The maximum Gasteiger partial charge on any atom is 0.435 e. The molecule has 0 aliphatic heterocycles. The summed E-state index contributed by atoms with van der Waals surface area (Å²) in [4.78, 5) is 0. The Kier molecular flexibility index (Phi) is 6.70. The second kappa shape index (κ2) is 8.66. The number of aromatic nitrogens is 2. The number of sulfonamides is 1. The van der Waals surface area contributed by atoms with Gasteiger partial charge in [0.25, 0.3) is 0 Å². The molecule has 3 aromatic rings. The van der Waals surface area contributed by atoms with Gasteiger partial charge in [0, 0.05) is 5.56 Å². The number of halogens is 3. The van der Waals surface area contributed by atoms with Crippen LogP contribution in [0.25, 0.3) is 16.9 Å². The van der Waals surface area contributed by atoms with Crippen LogP contribution in [0, 0.1) is 6.92 Å². The first-order valence-electron chi connectivity index (χ1n) is 8.25. The number of benzene rings is 2. The van der Waals surface area contributed by atoms with Crippen molar-refractivity contribution in [2.75, 3.05) is 13.4 Å². The van der Waals surface area contributed by atoms with E-state index >= 15 is 0 Å². The molecule has 6 nitrogen and oxygen atoms in total. The lowest BCUT2D eigenvalue weighted by atomic mass is 10.1. The summed E-state index contributed by atoms with van der Waals surface area (Å²) in [6.07, 6.45) is -3.57. The molecule has 0 unspecified atom stereocenters. The van der Waals surface area contributed by atoms with E-state index < -0.39 is 21.9 Å². The van der Waals surface area contributed by atoms with Crippen molar-refractivity contribution in [2.45, 2.75) is 13.1 Å². The van der Waals surface area contributed by atoms with Crippen LogP contribution in [0.15, 0.2) is 54.6 Å². The number of hydrogen-bond acceptors (Lipinski definition) is 4. The Balaban J connectivity index is 0.000000537. The number of methoxy groups -OCH3 is 1. The van der Waals surface area contributed by atoms with E-state index in [9.17, 15) is 21.6 Å². The van der Waals surface area contributed by atoms with Crippen LogP contribution in [-0.4, -0.2) is 31.6 Å². The molecule has 1 heterocycles. The molecule has 10 heteroatoms. The van der Waals surface area contributed by atoms with Gasteiger partial charge in [-0.05, 0) is 49.4 Å². The molecule has 0 fully saturated rings. The molecule has 1 aromatic heterocycles. The fourth-order valence-corrected chi connectivity index (χ4v) is 2.37. The highest BCUT2D eigenvalue weighted by Gasteiger charge is 2.35. The Hall–Kier alpha value is -2.85. The summed E-state index contributed by atoms with van der Waals surface area (Å²) in [5, 5.41) is 8.09. The third-order valence-corrected chi connectivity index (χ3v) is 3.66. The molecule has 0 radical (unpaired) electrons. The molecular weight excluding hydrogens is 407 g/mol. The number of primary sulfonamides is 1. The van der Waals surface area contributed by atoms with Crippen LogP contribution >= 0.6 is 0 Å². The second-order valence-electron chi connectivity index (χ2n) is 6.22. The van der Waals surface area contributed by atoms with Gasteiger partial charge in [-0.3, -0.25) is 0 Å². The van der Waals surface area contributed by atoms with Crippen molar-refractivity contribution in [3.63, 3.8) is 0 Å². The highest BCUT2D eigenvalue weighted by molar-refractivity contribution is 7.88. The lowest BCUT2D eigenvalue weighted by molar-refractivity contribution is -0.141. The average Bonchev–Trinajstić information content (AvgIpc) is 3.07. The molecule has 0 atom stereocenters. The van der Waals surface area contributed by atoms with E-state index in [4.69, 9.17) is 4.74 Å². The smallest absolute Gasteiger partial charge is 0.435 e. The topological polar surface area (TPSA) is 87.2 Å². The minimum Gasteiger partial charge on any atom is -0.497 e. The van der Waals surface area contributed by atoms with Gasteiger partial charge < -0.3 is 4.74 Å². The largest absolute Gasteiger partial charge is 0.497 e. The molecule has 2 aromatic carbocycles. The van der Waals surface area contributed by atoms with Crippen molar-refractivity contribution in [1.82, 2.24) is 9.78 Å². The van der Waals surface area contributed by atoms with Gasteiger partial charge in [-0.15, -0.1) is 0 Å². The zero-order valence-electron chi connectivity index (χ0n) is 15.9. The maximum absolute atomic E-state index is 13.1. The van der Waals surface area contributed by atoms with Crippen molar-refractivity contribution in [3.05, 3.63) is 65.9 Å². The summed E-state index contributed by atoms with van der Waals surface area (Å²) >= 11 is 0. The Bertz CT molecular complexity index is 1050. The fourth-order valence-electron chi connectivity index (χ4n) is 2.37. The third-order valence-electron chi connectivity index (χ3n) is 3.66. The lowest BCUT2D eigenvalue weighted by Gasteiger charge is -2.08. The Morgan fingerprint density at radius 3 is 2.00 bits per heavy atom. The molecule has 0 saturated carbocycles. The van der Waals surface area contributed by atoms with Crippen molar-refractivity contribution in [2.24, 2.45) is 5.14 Å². The minimum absolute atomic E-state index is 0.369. The van der Waals surface area contributed by atoms with Gasteiger partial charge in [0.15, 0.2) is 5.69 Å². The number of alkyl halides is 3. The SMILES string of the molecule is COc1ccc(-c2cc(C(F)(F)F)nn2-c2ccc(C)cc2)cc1.CS(N)(=O)=O. The van der Waals surface area contributed by atoms with E-state index in [1.165, 1.54) is 11.8 Å². The van der Waals surface area contributed by atoms with Gasteiger partial charge in [0.05, 0.1) is 24.7 Å². The monoisotopic (exact) mass is 427 g/mol. The van der Waals surface area contributed by atoms with Crippen LogP contribution in [0.2, 0.25) is 0 Å². The summed E-state index contributed by atoms with van der Waals surface area (Å²) in [7, 11) is -1.63. The minimum atomic E-state index is -4.50. The van der Waals surface area contributed by atoms with Crippen molar-refractivity contribution >= 4 is 10.0 Å². The first-order valence-corrected chi connectivity index (χ1v) is 10.2. The van der Waals surface area contributed by atoms with Crippen molar-refractivity contribution < 1.29 is 26.3 Å².